The van der Waals surface area contributed by atoms with Crippen molar-refractivity contribution >= 4 is 34.6 Å². The minimum atomic E-state index is -0.619. The Kier molecular flexibility index (Phi) is 14.4. The van der Waals surface area contributed by atoms with Gasteiger partial charge in [-0.25, -0.2) is 19.2 Å². The van der Waals surface area contributed by atoms with Gasteiger partial charge in [0, 0.05) is 30.6 Å². The SMILES string of the molecule is C=CC(=O)OCCCOc1ccc(C(=O)Oc2ccc3cc(OCOc4ccc(OC(=O)C(=C)C)cc4)ccc3c2)cc1OCCCOC(=O)C=C. The number of carbonyl (C=O) groups excluding carboxylic acids is 4. The summed E-state index contributed by atoms with van der Waals surface area (Å²) in [5.74, 6) is 0.249. The van der Waals surface area contributed by atoms with Gasteiger partial charge in [0.2, 0.25) is 6.79 Å². The predicted octanol–water partition coefficient (Wildman–Crippen LogP) is 6.95. The van der Waals surface area contributed by atoms with Crippen LogP contribution in [0.4, 0.5) is 0 Å². The molecule has 12 nitrogen and oxygen atoms in total. The summed E-state index contributed by atoms with van der Waals surface area (Å²) in [5, 5.41) is 1.65. The van der Waals surface area contributed by atoms with Crippen molar-refractivity contribution in [3.63, 3.8) is 0 Å². The van der Waals surface area contributed by atoms with E-state index in [2.05, 4.69) is 19.7 Å². The fraction of sp³-hybridized carbons (Fsp3) is 0.200. The Hall–Kier alpha value is -6.56. The highest BCUT2D eigenvalue weighted by Gasteiger charge is 2.15. The molecule has 0 N–H and O–H groups in total. The smallest absolute Gasteiger partial charge is 0.343 e. The maximum absolute atomic E-state index is 13.2. The Balaban J connectivity index is 1.34. The van der Waals surface area contributed by atoms with Crippen LogP contribution in [0.1, 0.15) is 30.1 Å². The van der Waals surface area contributed by atoms with Crippen molar-refractivity contribution in [2.75, 3.05) is 33.2 Å². The van der Waals surface area contributed by atoms with Gasteiger partial charge < -0.3 is 37.9 Å². The number of rotatable bonds is 20. The standard InChI is InChI=1S/C40H38O12/c1-5-37(41)47-21-7-19-45-35-18-11-30(25-36(35)46-20-8-22-48-38(42)6-2)40(44)52-34-13-10-28-23-33(12-9-29(28)24-34)50-26-49-31-14-16-32(17-15-31)51-39(43)27(3)4/h5-6,9-18,23-25H,1-3,7-8,19-22,26H2,4H3. The van der Waals surface area contributed by atoms with Gasteiger partial charge >= 0.3 is 23.9 Å². The minimum absolute atomic E-state index is 0.0600. The van der Waals surface area contributed by atoms with E-state index in [-0.39, 0.29) is 44.5 Å². The third-order valence-corrected chi connectivity index (χ3v) is 6.92. The summed E-state index contributed by atoms with van der Waals surface area (Å²) in [5.41, 5.74) is 0.515. The highest BCUT2D eigenvalue weighted by atomic mass is 16.7. The van der Waals surface area contributed by atoms with Crippen molar-refractivity contribution in [1.82, 2.24) is 0 Å². The fourth-order valence-electron chi connectivity index (χ4n) is 4.30. The lowest BCUT2D eigenvalue weighted by molar-refractivity contribution is -0.138. The van der Waals surface area contributed by atoms with E-state index in [1.54, 1.807) is 67.6 Å². The normalized spacial score (nSPS) is 10.3. The molecule has 0 bridgehead atoms. The van der Waals surface area contributed by atoms with E-state index >= 15 is 0 Å². The molecule has 0 aliphatic rings. The van der Waals surface area contributed by atoms with Crippen LogP contribution >= 0.6 is 0 Å². The van der Waals surface area contributed by atoms with E-state index in [1.807, 2.05) is 12.1 Å². The van der Waals surface area contributed by atoms with Crippen molar-refractivity contribution in [3.05, 3.63) is 122 Å². The zero-order valence-electron chi connectivity index (χ0n) is 28.6. The number of fused-ring (bicyclic) bond motifs is 1. The number of esters is 4. The van der Waals surface area contributed by atoms with Gasteiger partial charge in [0.15, 0.2) is 11.5 Å². The Bertz CT molecular complexity index is 1910. The number of carbonyl (C=O) groups is 4. The third-order valence-electron chi connectivity index (χ3n) is 6.92. The molecule has 0 unspecified atom stereocenters. The average molecular weight is 711 g/mol. The Labute approximate surface area is 300 Å². The summed E-state index contributed by atoms with van der Waals surface area (Å²) in [6.07, 6.45) is 2.95. The first kappa shape index (κ1) is 38.2. The van der Waals surface area contributed by atoms with Crippen LogP contribution in [-0.4, -0.2) is 57.1 Å². The van der Waals surface area contributed by atoms with Gasteiger partial charge in [-0.3, -0.25) is 0 Å². The molecule has 52 heavy (non-hydrogen) atoms. The Morgan fingerprint density at radius 1 is 0.577 bits per heavy atom. The van der Waals surface area contributed by atoms with Crippen LogP contribution in [-0.2, 0) is 23.9 Å². The second-order valence-electron chi connectivity index (χ2n) is 10.9. The molecule has 0 saturated carbocycles. The lowest BCUT2D eigenvalue weighted by Crippen LogP contribution is -2.11. The quantitative estimate of drug-likeness (QED) is 0.0308. The maximum atomic E-state index is 13.2. The van der Waals surface area contributed by atoms with Gasteiger partial charge in [-0.05, 0) is 84.4 Å². The van der Waals surface area contributed by atoms with Crippen LogP contribution < -0.4 is 28.4 Å². The number of hydrogen-bond donors (Lipinski definition) is 0. The number of ether oxygens (including phenoxy) is 8. The third kappa shape index (κ3) is 12.1. The molecule has 0 atom stereocenters. The molecule has 12 heteroatoms. The first-order valence-corrected chi connectivity index (χ1v) is 16.1. The Morgan fingerprint density at radius 3 is 1.73 bits per heavy atom. The molecule has 0 spiro atoms. The van der Waals surface area contributed by atoms with Crippen molar-refractivity contribution < 1.29 is 57.1 Å². The molecule has 4 aromatic carbocycles. The van der Waals surface area contributed by atoms with Crippen LogP contribution in [0.25, 0.3) is 10.8 Å². The van der Waals surface area contributed by atoms with Gasteiger partial charge in [-0.1, -0.05) is 31.9 Å². The first-order chi connectivity index (χ1) is 25.1. The van der Waals surface area contributed by atoms with E-state index in [9.17, 15) is 19.2 Å². The molecule has 270 valence electrons. The summed E-state index contributed by atoms with van der Waals surface area (Å²) < 4.78 is 43.9. The maximum Gasteiger partial charge on any atom is 0.343 e. The molecule has 0 radical (unpaired) electrons. The molecule has 0 amide bonds. The molecule has 0 fully saturated rings. The van der Waals surface area contributed by atoms with Crippen LogP contribution in [0.2, 0.25) is 0 Å². The molecule has 4 rings (SSSR count). The molecule has 0 heterocycles. The lowest BCUT2D eigenvalue weighted by atomic mass is 10.1. The van der Waals surface area contributed by atoms with Crippen molar-refractivity contribution in [2.45, 2.75) is 19.8 Å². The number of hydrogen-bond acceptors (Lipinski definition) is 12. The van der Waals surface area contributed by atoms with Gasteiger partial charge in [0.05, 0.1) is 32.0 Å². The fourth-order valence-corrected chi connectivity index (χ4v) is 4.30. The molecular weight excluding hydrogens is 672 g/mol. The van der Waals surface area contributed by atoms with Crippen molar-refractivity contribution in [3.8, 4) is 34.5 Å². The highest BCUT2D eigenvalue weighted by Crippen LogP contribution is 2.31. The van der Waals surface area contributed by atoms with Crippen molar-refractivity contribution in [1.29, 1.82) is 0 Å². The van der Waals surface area contributed by atoms with Gasteiger partial charge in [0.1, 0.15) is 23.0 Å². The second kappa shape index (κ2) is 19.6. The summed E-state index contributed by atoms with van der Waals surface area (Å²) in [4.78, 5) is 47.4. The molecule has 0 saturated heterocycles. The predicted molar refractivity (Wildman–Crippen MR) is 191 cm³/mol. The Morgan fingerprint density at radius 2 is 1.12 bits per heavy atom. The second-order valence-corrected chi connectivity index (χ2v) is 10.9. The van der Waals surface area contributed by atoms with Crippen LogP contribution in [0.15, 0.2) is 116 Å². The largest absolute Gasteiger partial charge is 0.490 e. The summed E-state index contributed by atoms with van der Waals surface area (Å²) >= 11 is 0. The van der Waals surface area contributed by atoms with Gasteiger partial charge in [-0.15, -0.1) is 0 Å². The zero-order chi connectivity index (χ0) is 37.3. The summed E-state index contributed by atoms with van der Waals surface area (Å²) in [6.45, 7) is 12.4. The zero-order valence-corrected chi connectivity index (χ0v) is 28.6. The van der Waals surface area contributed by atoms with E-state index in [1.165, 1.54) is 6.07 Å². The lowest BCUT2D eigenvalue weighted by Gasteiger charge is -2.14. The molecule has 0 aliphatic heterocycles. The average Bonchev–Trinajstić information content (AvgIpc) is 3.15. The minimum Gasteiger partial charge on any atom is -0.490 e. The molecule has 0 aromatic heterocycles. The molecule has 4 aromatic rings. The van der Waals surface area contributed by atoms with E-state index in [4.69, 9.17) is 37.9 Å². The van der Waals surface area contributed by atoms with Crippen LogP contribution in [0, 0.1) is 0 Å². The highest BCUT2D eigenvalue weighted by molar-refractivity contribution is 5.93. The van der Waals surface area contributed by atoms with E-state index < -0.39 is 23.9 Å². The monoisotopic (exact) mass is 710 g/mol. The van der Waals surface area contributed by atoms with Crippen molar-refractivity contribution in [2.24, 2.45) is 0 Å². The number of benzene rings is 4. The van der Waals surface area contributed by atoms with E-state index in [0.717, 1.165) is 22.9 Å². The molecule has 0 aliphatic carbocycles. The van der Waals surface area contributed by atoms with Crippen LogP contribution in [0.3, 0.4) is 0 Å². The summed E-state index contributed by atoms with van der Waals surface area (Å²) in [6, 6.07) is 21.8. The van der Waals surface area contributed by atoms with E-state index in [0.29, 0.717) is 47.2 Å². The van der Waals surface area contributed by atoms with Crippen LogP contribution in [0.5, 0.6) is 34.5 Å². The van der Waals surface area contributed by atoms with Gasteiger partial charge in [-0.2, -0.15) is 0 Å². The first-order valence-electron chi connectivity index (χ1n) is 16.1. The topological polar surface area (TPSA) is 142 Å². The van der Waals surface area contributed by atoms with Gasteiger partial charge in [0.25, 0.3) is 0 Å². The summed E-state index contributed by atoms with van der Waals surface area (Å²) in [7, 11) is 0. The molecular formula is C40H38O12.